The Bertz CT molecular complexity index is 2110. The Kier molecular flexibility index (Phi) is 10.1. The summed E-state index contributed by atoms with van der Waals surface area (Å²) in [6.45, 7) is 4.33. The number of nitrogens with one attached hydrogen (secondary N) is 1. The van der Waals surface area contributed by atoms with E-state index in [0.717, 1.165) is 31.7 Å². The number of hydrogen-bond donors (Lipinski definition) is 1. The molecular weight excluding hydrogens is 685 g/mol. The second-order valence-electron chi connectivity index (χ2n) is 12.1. The summed E-state index contributed by atoms with van der Waals surface area (Å²) in [4.78, 5) is 61.2. The molecule has 2 aromatic heterocycles. The fraction of sp³-hybridized carbons (Fsp3) is 0.343. The van der Waals surface area contributed by atoms with Crippen LogP contribution in [0.1, 0.15) is 50.7 Å². The predicted molar refractivity (Wildman–Crippen MR) is 178 cm³/mol. The van der Waals surface area contributed by atoms with Crippen molar-refractivity contribution in [1.82, 2.24) is 19.6 Å². The summed E-state index contributed by atoms with van der Waals surface area (Å²) in [7, 11) is 1.53. The zero-order chi connectivity index (χ0) is 37.3. The molecule has 4 aromatic rings. The SMILES string of the molecule is COc1ccc2c(c1)c(/C=C1/C(=O)Nc3ccc(F)cc31)cn2Cc1cn([C@@H]2O[C@H](COC(C)=O)[C@@H](OC(C)=O)[C@H](OC(C)=O)[C@H]2OC(C)=O)nn1. The largest absolute Gasteiger partial charge is 0.497 e. The summed E-state index contributed by atoms with van der Waals surface area (Å²) in [5.41, 5.74) is 3.01. The minimum Gasteiger partial charge on any atom is -0.497 e. The molecule has 52 heavy (non-hydrogen) atoms. The van der Waals surface area contributed by atoms with Gasteiger partial charge in [0.05, 0.1) is 19.9 Å². The van der Waals surface area contributed by atoms with Crippen molar-refractivity contribution in [2.24, 2.45) is 0 Å². The number of fused-ring (bicyclic) bond motifs is 2. The van der Waals surface area contributed by atoms with Gasteiger partial charge in [0.15, 0.2) is 24.5 Å². The lowest BCUT2D eigenvalue weighted by molar-refractivity contribution is -0.270. The van der Waals surface area contributed by atoms with E-state index >= 15 is 0 Å². The van der Waals surface area contributed by atoms with Gasteiger partial charge in [-0.1, -0.05) is 5.21 Å². The quantitative estimate of drug-likeness (QED) is 0.143. The van der Waals surface area contributed by atoms with Crippen LogP contribution in [0.4, 0.5) is 10.1 Å². The lowest BCUT2D eigenvalue weighted by Crippen LogP contribution is -2.60. The van der Waals surface area contributed by atoms with Gasteiger partial charge in [-0.15, -0.1) is 5.10 Å². The Morgan fingerprint density at radius 3 is 2.33 bits per heavy atom. The van der Waals surface area contributed by atoms with Crippen molar-refractivity contribution in [1.29, 1.82) is 0 Å². The molecule has 1 saturated heterocycles. The number of carbonyl (C=O) groups is 5. The molecule has 16 nitrogen and oxygen atoms in total. The number of nitrogens with zero attached hydrogens (tertiary/aromatic N) is 4. The first-order chi connectivity index (χ1) is 24.8. The Morgan fingerprint density at radius 1 is 0.923 bits per heavy atom. The Hall–Kier alpha value is -6.10. The van der Waals surface area contributed by atoms with Gasteiger partial charge in [-0.3, -0.25) is 24.0 Å². The highest BCUT2D eigenvalue weighted by molar-refractivity contribution is 6.35. The maximum absolute atomic E-state index is 14.2. The lowest BCUT2D eigenvalue weighted by atomic mass is 9.97. The highest BCUT2D eigenvalue weighted by Gasteiger charge is 2.53. The molecule has 1 fully saturated rings. The number of benzene rings is 2. The number of anilines is 1. The van der Waals surface area contributed by atoms with E-state index in [0.29, 0.717) is 28.3 Å². The number of aromatic nitrogens is 4. The molecule has 2 aliphatic rings. The zero-order valence-corrected chi connectivity index (χ0v) is 28.7. The number of carbonyl (C=O) groups excluding carboxylic acids is 5. The molecule has 0 radical (unpaired) electrons. The fourth-order valence-corrected chi connectivity index (χ4v) is 6.24. The number of hydrogen-bond acceptors (Lipinski definition) is 13. The van der Waals surface area contributed by atoms with Crippen molar-refractivity contribution >= 4 is 58.0 Å². The maximum atomic E-state index is 14.2. The van der Waals surface area contributed by atoms with Crippen LogP contribution in [0.3, 0.4) is 0 Å². The first-order valence-electron chi connectivity index (χ1n) is 16.0. The Balaban J connectivity index is 1.37. The van der Waals surface area contributed by atoms with E-state index in [1.54, 1.807) is 18.3 Å². The third-order valence-corrected chi connectivity index (χ3v) is 8.30. The molecule has 2 aliphatic heterocycles. The van der Waals surface area contributed by atoms with E-state index in [4.69, 9.17) is 28.4 Å². The molecule has 5 atom stereocenters. The monoisotopic (exact) mass is 719 g/mol. The van der Waals surface area contributed by atoms with Crippen molar-refractivity contribution in [3.05, 3.63) is 71.4 Å². The third kappa shape index (κ3) is 7.48. The van der Waals surface area contributed by atoms with Crippen molar-refractivity contribution in [3.63, 3.8) is 0 Å². The summed E-state index contributed by atoms with van der Waals surface area (Å²) in [6.07, 6.45) is -1.55. The standard InChI is InChI=1S/C35H34FN5O11/c1-17(42)48-16-30-31(49-18(2)43)32(50-19(3)44)33(51-20(4)45)35(52-30)41-15-23(38-39-41)14-40-13-21(25-12-24(47-5)7-9-29(25)40)10-27-26-11-22(36)6-8-28(26)37-34(27)46/h6-13,15,30-33,35H,14,16H2,1-5H3,(H,37,46)/b27-10+/t30-,31-,32+,33-,35-/m1/s1. The molecule has 2 aromatic carbocycles. The van der Waals surface area contributed by atoms with E-state index in [2.05, 4.69) is 15.6 Å². The first-order valence-corrected chi connectivity index (χ1v) is 16.0. The van der Waals surface area contributed by atoms with Crippen LogP contribution < -0.4 is 10.1 Å². The topological polar surface area (TPSA) is 188 Å². The second kappa shape index (κ2) is 14.6. The Labute approximate surface area is 295 Å². The fourth-order valence-electron chi connectivity index (χ4n) is 6.24. The van der Waals surface area contributed by atoms with Crippen LogP contribution in [0.15, 0.2) is 48.8 Å². The van der Waals surface area contributed by atoms with Crippen LogP contribution >= 0.6 is 0 Å². The molecular formula is C35H34FN5O11. The van der Waals surface area contributed by atoms with Crippen LogP contribution in [-0.2, 0) is 54.2 Å². The average molecular weight is 720 g/mol. The van der Waals surface area contributed by atoms with Crippen LogP contribution in [0.25, 0.3) is 22.6 Å². The number of esters is 4. The molecule has 0 aliphatic carbocycles. The van der Waals surface area contributed by atoms with Crippen LogP contribution in [0, 0.1) is 5.82 Å². The molecule has 17 heteroatoms. The molecule has 0 bridgehead atoms. The van der Waals surface area contributed by atoms with Gasteiger partial charge in [0.1, 0.15) is 30.0 Å². The summed E-state index contributed by atoms with van der Waals surface area (Å²) >= 11 is 0. The summed E-state index contributed by atoms with van der Waals surface area (Å²) in [6, 6.07) is 9.49. The van der Waals surface area contributed by atoms with E-state index in [1.165, 1.54) is 43.1 Å². The van der Waals surface area contributed by atoms with Gasteiger partial charge in [0.25, 0.3) is 5.91 Å². The maximum Gasteiger partial charge on any atom is 0.303 e. The van der Waals surface area contributed by atoms with Crippen LogP contribution in [0.5, 0.6) is 5.75 Å². The highest BCUT2D eigenvalue weighted by atomic mass is 19.1. The van der Waals surface area contributed by atoms with Gasteiger partial charge in [-0.05, 0) is 42.5 Å². The highest BCUT2D eigenvalue weighted by Crippen LogP contribution is 2.37. The van der Waals surface area contributed by atoms with E-state index in [9.17, 15) is 28.4 Å². The number of halogens is 1. The van der Waals surface area contributed by atoms with Crippen molar-refractivity contribution < 1.29 is 56.8 Å². The van der Waals surface area contributed by atoms with Crippen LogP contribution in [0.2, 0.25) is 0 Å². The van der Waals surface area contributed by atoms with E-state index in [-0.39, 0.29) is 18.0 Å². The smallest absolute Gasteiger partial charge is 0.303 e. The molecule has 0 saturated carbocycles. The van der Waals surface area contributed by atoms with Gasteiger partial charge >= 0.3 is 23.9 Å². The van der Waals surface area contributed by atoms with Gasteiger partial charge in [0, 0.05) is 67.2 Å². The molecule has 1 amide bonds. The van der Waals surface area contributed by atoms with Crippen LogP contribution in [-0.4, -0.2) is 87.5 Å². The summed E-state index contributed by atoms with van der Waals surface area (Å²) in [5, 5.41) is 12.0. The number of amides is 1. The zero-order valence-electron chi connectivity index (χ0n) is 28.7. The summed E-state index contributed by atoms with van der Waals surface area (Å²) in [5.74, 6) is -3.21. The summed E-state index contributed by atoms with van der Waals surface area (Å²) < 4.78 is 50.6. The predicted octanol–water partition coefficient (Wildman–Crippen LogP) is 3.18. The van der Waals surface area contributed by atoms with E-state index in [1.807, 2.05) is 16.7 Å². The van der Waals surface area contributed by atoms with Gasteiger partial charge in [-0.2, -0.15) is 0 Å². The minimum atomic E-state index is -1.39. The number of ether oxygens (including phenoxy) is 6. The van der Waals surface area contributed by atoms with Gasteiger partial charge < -0.3 is 38.3 Å². The number of methoxy groups -OCH3 is 1. The number of rotatable bonds is 10. The normalized spacial score (nSPS) is 21.7. The first kappa shape index (κ1) is 35.7. The average Bonchev–Trinajstić information content (AvgIpc) is 3.77. The van der Waals surface area contributed by atoms with Crippen molar-refractivity contribution in [2.45, 2.75) is 64.9 Å². The van der Waals surface area contributed by atoms with Crippen molar-refractivity contribution in [3.8, 4) is 5.75 Å². The second-order valence-corrected chi connectivity index (χ2v) is 12.1. The molecule has 6 rings (SSSR count). The minimum absolute atomic E-state index is 0.148. The molecule has 4 heterocycles. The third-order valence-electron chi connectivity index (χ3n) is 8.30. The molecule has 0 spiro atoms. The van der Waals surface area contributed by atoms with E-state index < -0.39 is 66.9 Å². The van der Waals surface area contributed by atoms with Crippen molar-refractivity contribution in [2.75, 3.05) is 19.0 Å². The van der Waals surface area contributed by atoms with Gasteiger partial charge in [0.2, 0.25) is 0 Å². The molecule has 1 N–H and O–H groups in total. The lowest BCUT2D eigenvalue weighted by Gasteiger charge is -2.44. The molecule has 0 unspecified atom stereocenters. The molecule has 272 valence electrons. The Morgan fingerprint density at radius 2 is 1.63 bits per heavy atom. The van der Waals surface area contributed by atoms with Gasteiger partial charge in [-0.25, -0.2) is 9.07 Å².